The number of aliphatic hydroxyl groups excluding tert-OH is 2. The summed E-state index contributed by atoms with van der Waals surface area (Å²) in [5.74, 6) is 1.60. The first-order valence-electron chi connectivity index (χ1n) is 7.07. The summed E-state index contributed by atoms with van der Waals surface area (Å²) in [6.45, 7) is 0. The summed E-state index contributed by atoms with van der Waals surface area (Å²) in [6.07, 6.45) is -1.27. The molecule has 11 heteroatoms. The van der Waals surface area contributed by atoms with Gasteiger partial charge in [-0.3, -0.25) is 0 Å². The topological polar surface area (TPSA) is 143 Å². The molecule has 128 valence electrons. The van der Waals surface area contributed by atoms with Crippen molar-refractivity contribution in [1.29, 1.82) is 0 Å². The van der Waals surface area contributed by atoms with E-state index in [-0.39, 0.29) is 11.9 Å². The van der Waals surface area contributed by atoms with Gasteiger partial charge in [0.1, 0.15) is 0 Å². The maximum atomic E-state index is 9.77. The van der Waals surface area contributed by atoms with Gasteiger partial charge in [-0.2, -0.15) is 0 Å². The number of benzene rings is 1. The molecule has 2 aromatic rings. The van der Waals surface area contributed by atoms with Crippen LogP contribution >= 0.6 is 20.0 Å². The Hall–Kier alpha value is -1.19. The molecule has 24 heavy (non-hydrogen) atoms. The van der Waals surface area contributed by atoms with Gasteiger partial charge < -0.3 is 0 Å². The van der Waals surface area contributed by atoms with E-state index in [1.807, 2.05) is 12.1 Å². The fraction of sp³-hybridized carbons (Fsp3) is 0.308. The fourth-order valence-electron chi connectivity index (χ4n) is 1.96. The third-order valence-electron chi connectivity index (χ3n) is 3.17. The van der Waals surface area contributed by atoms with Crippen molar-refractivity contribution in [3.8, 4) is 0 Å². The monoisotopic (exact) mass is 428 g/mol. The molecule has 1 saturated heterocycles. The zero-order valence-corrected chi connectivity index (χ0v) is 16.0. The third-order valence-corrected chi connectivity index (χ3v) is 16.4. The summed E-state index contributed by atoms with van der Waals surface area (Å²) in [5, 5.41) is 22.6. The summed E-state index contributed by atoms with van der Waals surface area (Å²) in [7, 11) is 3.55. The zero-order chi connectivity index (χ0) is 17.1. The van der Waals surface area contributed by atoms with Gasteiger partial charge in [-0.15, -0.1) is 0 Å². The molecule has 1 aliphatic rings. The average Bonchev–Trinajstić information content (AvgIpc) is 2.70. The Balaban J connectivity index is 1.69. The summed E-state index contributed by atoms with van der Waals surface area (Å²) in [6, 6.07) is 8.00. The Labute approximate surface area is 150 Å². The maximum absolute atomic E-state index is 9.77. The van der Waals surface area contributed by atoms with Crippen LogP contribution in [0.5, 0.6) is 0 Å². The van der Waals surface area contributed by atoms with Crippen molar-refractivity contribution in [3.63, 3.8) is 0 Å². The molecular weight excluding hydrogens is 411 g/mol. The first-order chi connectivity index (χ1) is 11.5. The minimum atomic E-state index is -1.40. The molecule has 0 aliphatic carbocycles. The van der Waals surface area contributed by atoms with Crippen molar-refractivity contribution in [2.24, 2.45) is 0 Å². The fourth-order valence-corrected chi connectivity index (χ4v) is 14.5. The van der Waals surface area contributed by atoms with E-state index in [1.54, 1.807) is 20.0 Å². The molecule has 7 N–H and O–H groups in total. The van der Waals surface area contributed by atoms with Gasteiger partial charge in [-0.05, 0) is 0 Å². The van der Waals surface area contributed by atoms with E-state index in [0.717, 1.165) is 5.69 Å². The minimum absolute atomic E-state index is 0.0674. The van der Waals surface area contributed by atoms with Crippen LogP contribution in [-0.4, -0.2) is 61.2 Å². The molecule has 0 saturated carbocycles. The molecular formula is C13H17AsN6O2S2. The normalized spacial score (nSPS) is 24.3. The molecule has 2 unspecified atom stereocenters. The first-order valence-corrected chi connectivity index (χ1v) is 14.5. The number of nitrogens with one attached hydrogen (secondary N) is 1. The van der Waals surface area contributed by atoms with E-state index in [4.69, 9.17) is 11.5 Å². The Morgan fingerprint density at radius 1 is 0.958 bits per heavy atom. The van der Waals surface area contributed by atoms with Crippen LogP contribution in [0.3, 0.4) is 0 Å². The van der Waals surface area contributed by atoms with Crippen molar-refractivity contribution in [3.05, 3.63) is 24.3 Å². The van der Waals surface area contributed by atoms with Gasteiger partial charge in [0.25, 0.3) is 0 Å². The number of anilines is 4. The second-order valence-electron chi connectivity index (χ2n) is 5.03. The number of aliphatic hydroxyl groups is 2. The van der Waals surface area contributed by atoms with Crippen LogP contribution in [0.25, 0.3) is 0 Å². The summed E-state index contributed by atoms with van der Waals surface area (Å²) in [5.41, 5.74) is 11.9. The van der Waals surface area contributed by atoms with Gasteiger partial charge >= 0.3 is 150 Å². The van der Waals surface area contributed by atoms with E-state index < -0.39 is 24.5 Å². The van der Waals surface area contributed by atoms with Crippen molar-refractivity contribution in [2.45, 2.75) is 12.2 Å². The van der Waals surface area contributed by atoms with Gasteiger partial charge in [0.2, 0.25) is 0 Å². The van der Waals surface area contributed by atoms with Gasteiger partial charge in [0.05, 0.1) is 0 Å². The number of aromatic nitrogens is 3. The Morgan fingerprint density at radius 2 is 1.50 bits per heavy atom. The van der Waals surface area contributed by atoms with Crippen LogP contribution in [0.1, 0.15) is 0 Å². The molecule has 1 aromatic carbocycles. The second kappa shape index (κ2) is 7.79. The van der Waals surface area contributed by atoms with Gasteiger partial charge in [0.15, 0.2) is 0 Å². The van der Waals surface area contributed by atoms with E-state index in [0.29, 0.717) is 17.5 Å². The zero-order valence-electron chi connectivity index (χ0n) is 12.5. The average molecular weight is 428 g/mol. The van der Waals surface area contributed by atoms with Crippen molar-refractivity contribution < 1.29 is 10.2 Å². The van der Waals surface area contributed by atoms with Crippen LogP contribution in [-0.2, 0) is 0 Å². The van der Waals surface area contributed by atoms with Crippen LogP contribution in [0.15, 0.2) is 24.3 Å². The Bertz CT molecular complexity index is 675. The third kappa shape index (κ3) is 4.46. The predicted octanol–water partition coefficient (Wildman–Crippen LogP) is -0.323. The van der Waals surface area contributed by atoms with Crippen LogP contribution in [0.4, 0.5) is 23.5 Å². The first kappa shape index (κ1) is 17.6. The van der Waals surface area contributed by atoms with Gasteiger partial charge in [-0.1, -0.05) is 0 Å². The van der Waals surface area contributed by atoms with Crippen LogP contribution in [0, 0.1) is 0 Å². The van der Waals surface area contributed by atoms with Crippen LogP contribution in [0.2, 0.25) is 0 Å². The summed E-state index contributed by atoms with van der Waals surface area (Å²) < 4.78 is 1.26. The quantitative estimate of drug-likeness (QED) is 0.413. The van der Waals surface area contributed by atoms with E-state index in [9.17, 15) is 10.2 Å². The van der Waals surface area contributed by atoms with Crippen molar-refractivity contribution in [1.82, 2.24) is 15.0 Å². The van der Waals surface area contributed by atoms with E-state index in [1.165, 1.54) is 4.35 Å². The standard InChI is InChI=1S/C13H17AsN6O2S2/c15-11-18-12(16)20-13(19-11)17-8-3-1-7(2-4-8)14-23-5-9(21)10(22)6-24-14/h1-4,9-10,21-22H,5-6H2,(H5,15,16,17,18,19,20). The van der Waals surface area contributed by atoms with Crippen LogP contribution < -0.4 is 21.1 Å². The van der Waals surface area contributed by atoms with E-state index >= 15 is 0 Å². The molecule has 8 nitrogen and oxygen atoms in total. The molecule has 2 atom stereocenters. The SMILES string of the molecule is Nc1nc(N)nc(Nc2ccc([As]3SCC(O)C(O)CS3)cc2)n1. The number of nitrogens with zero attached hydrogens (tertiary/aromatic N) is 3. The molecule has 3 rings (SSSR count). The summed E-state index contributed by atoms with van der Waals surface area (Å²) >= 11 is -1.40. The summed E-state index contributed by atoms with van der Waals surface area (Å²) in [4.78, 5) is 11.7. The number of rotatable bonds is 3. The van der Waals surface area contributed by atoms with Crippen molar-refractivity contribution in [2.75, 3.05) is 28.3 Å². The number of nitrogens with two attached hydrogens (primary N) is 2. The molecule has 1 aromatic heterocycles. The van der Waals surface area contributed by atoms with Gasteiger partial charge in [0, 0.05) is 0 Å². The van der Waals surface area contributed by atoms with Gasteiger partial charge in [-0.25, -0.2) is 0 Å². The Morgan fingerprint density at radius 3 is 2.04 bits per heavy atom. The molecule has 0 bridgehead atoms. The molecule has 0 amide bonds. The molecule has 2 heterocycles. The molecule has 0 spiro atoms. The molecule has 1 aliphatic heterocycles. The number of hydrogen-bond donors (Lipinski definition) is 5. The van der Waals surface area contributed by atoms with E-state index in [2.05, 4.69) is 32.4 Å². The Kier molecular flexibility index (Phi) is 5.72. The van der Waals surface area contributed by atoms with Crippen molar-refractivity contribution >= 4 is 60.3 Å². The molecule has 1 fully saturated rings. The number of hydrogen-bond acceptors (Lipinski definition) is 10. The number of nitrogen functional groups attached to an aromatic ring is 2. The predicted molar refractivity (Wildman–Crippen MR) is 101 cm³/mol. The second-order valence-corrected chi connectivity index (χ2v) is 16.6. The molecule has 0 radical (unpaired) electrons.